The standard InChI is InChI=1S/C28H28F3N7O4/c1-18-5-6-24(41-18)16-37-10-7-19(8-11-37)26(39)33-22-12-20(28(29,30)31)13-23(14-22)34-27(40)35-25-17-38(36-42-25)15-21-4-2-3-9-32-21/h2-6,9,12-14,17,19H,7-8,10-11,15-16H2,1H3,(H2-,33,34,35,36,39,40)/p+1. The van der Waals surface area contributed by atoms with Crippen LogP contribution in [0.4, 0.5) is 35.2 Å². The van der Waals surface area contributed by atoms with Crippen LogP contribution in [0.25, 0.3) is 0 Å². The van der Waals surface area contributed by atoms with Crippen molar-refractivity contribution in [3.63, 3.8) is 0 Å². The highest BCUT2D eigenvalue weighted by Gasteiger charge is 2.32. The van der Waals surface area contributed by atoms with E-state index in [1.807, 2.05) is 25.1 Å². The number of aryl methyl sites for hydroxylation is 1. The van der Waals surface area contributed by atoms with Crippen molar-refractivity contribution in [2.75, 3.05) is 29.0 Å². The Labute approximate surface area is 238 Å². The number of rotatable bonds is 8. The molecule has 1 fully saturated rings. The summed E-state index contributed by atoms with van der Waals surface area (Å²) in [7, 11) is 0. The van der Waals surface area contributed by atoms with Crippen LogP contribution in [0, 0.1) is 12.8 Å². The van der Waals surface area contributed by atoms with Gasteiger partial charge in [-0.2, -0.15) is 13.2 Å². The Bertz CT molecular complexity index is 1530. The summed E-state index contributed by atoms with van der Waals surface area (Å²) < 4.78 is 53.0. The van der Waals surface area contributed by atoms with Gasteiger partial charge in [0.15, 0.2) is 0 Å². The molecule has 1 aliphatic heterocycles. The zero-order valence-corrected chi connectivity index (χ0v) is 22.6. The van der Waals surface area contributed by atoms with Gasteiger partial charge in [0.2, 0.25) is 17.7 Å². The van der Waals surface area contributed by atoms with E-state index in [9.17, 15) is 22.8 Å². The van der Waals surface area contributed by atoms with E-state index in [0.717, 1.165) is 23.7 Å². The van der Waals surface area contributed by atoms with E-state index in [1.165, 1.54) is 16.9 Å². The second kappa shape index (κ2) is 12.4. The minimum Gasteiger partial charge on any atom is -0.465 e. The maximum atomic E-state index is 13.6. The number of carbonyl (C=O) groups is 2. The lowest BCUT2D eigenvalue weighted by Gasteiger charge is -2.30. The first kappa shape index (κ1) is 28.8. The molecule has 0 saturated carbocycles. The van der Waals surface area contributed by atoms with E-state index in [2.05, 4.69) is 31.1 Å². The van der Waals surface area contributed by atoms with E-state index in [-0.39, 0.29) is 35.6 Å². The number of nitrogens with one attached hydrogen (secondary N) is 3. The molecule has 3 aromatic heterocycles. The topological polar surface area (TPSA) is 129 Å². The zero-order valence-electron chi connectivity index (χ0n) is 22.6. The first-order valence-corrected chi connectivity index (χ1v) is 13.3. The van der Waals surface area contributed by atoms with Crippen LogP contribution in [0.15, 0.2) is 69.9 Å². The Hall–Kier alpha value is -4.72. The van der Waals surface area contributed by atoms with Crippen molar-refractivity contribution in [2.24, 2.45) is 5.92 Å². The van der Waals surface area contributed by atoms with Crippen LogP contribution < -0.4 is 20.6 Å². The van der Waals surface area contributed by atoms with Gasteiger partial charge in [-0.3, -0.25) is 24.5 Å². The van der Waals surface area contributed by atoms with Crippen LogP contribution in [0.3, 0.4) is 0 Å². The summed E-state index contributed by atoms with van der Waals surface area (Å²) in [6, 6.07) is 11.2. The van der Waals surface area contributed by atoms with Gasteiger partial charge in [-0.15, -0.1) is 0 Å². The van der Waals surface area contributed by atoms with Crippen LogP contribution in [-0.4, -0.2) is 40.2 Å². The molecule has 220 valence electrons. The van der Waals surface area contributed by atoms with Gasteiger partial charge in [0.05, 0.1) is 12.1 Å². The maximum Gasteiger partial charge on any atom is 0.416 e. The van der Waals surface area contributed by atoms with Crippen molar-refractivity contribution in [1.29, 1.82) is 0 Å². The molecule has 3 N–H and O–H groups in total. The molecule has 1 aliphatic rings. The van der Waals surface area contributed by atoms with Gasteiger partial charge in [-0.1, -0.05) is 6.07 Å². The SMILES string of the molecule is Cc1ccc(CN2CCC(C(=O)Nc3cc(NC(=O)Nc4c[n+](Cc5ccccn5)no4)cc(C(F)(F)F)c3)CC2)o1. The highest BCUT2D eigenvalue weighted by Crippen LogP contribution is 2.34. The van der Waals surface area contributed by atoms with Crippen molar-refractivity contribution in [1.82, 2.24) is 15.2 Å². The number of aromatic nitrogens is 3. The Morgan fingerprint density at radius 1 is 1.05 bits per heavy atom. The van der Waals surface area contributed by atoms with Gasteiger partial charge in [-0.25, -0.2) is 4.79 Å². The number of hydrogen-bond donors (Lipinski definition) is 3. The predicted molar refractivity (Wildman–Crippen MR) is 144 cm³/mol. The number of carbonyl (C=O) groups excluding carboxylic acids is 2. The van der Waals surface area contributed by atoms with Crippen molar-refractivity contribution in [3.8, 4) is 0 Å². The highest BCUT2D eigenvalue weighted by atomic mass is 19.4. The van der Waals surface area contributed by atoms with Crippen molar-refractivity contribution in [3.05, 3.63) is 83.7 Å². The quantitative estimate of drug-likeness (QED) is 0.253. The van der Waals surface area contributed by atoms with Crippen LogP contribution in [0.1, 0.15) is 35.6 Å². The number of urea groups is 1. The Kier molecular flexibility index (Phi) is 8.52. The third-order valence-corrected chi connectivity index (χ3v) is 6.72. The number of alkyl halides is 3. The number of pyridine rings is 1. The summed E-state index contributed by atoms with van der Waals surface area (Å²) in [5.74, 6) is 0.901. The summed E-state index contributed by atoms with van der Waals surface area (Å²) >= 11 is 0. The number of amides is 3. The molecule has 1 saturated heterocycles. The van der Waals surface area contributed by atoms with E-state index >= 15 is 0 Å². The fourth-order valence-corrected chi connectivity index (χ4v) is 4.66. The van der Waals surface area contributed by atoms with E-state index in [0.29, 0.717) is 38.2 Å². The first-order valence-electron chi connectivity index (χ1n) is 13.3. The molecule has 5 rings (SSSR count). The van der Waals surface area contributed by atoms with Crippen molar-refractivity contribution >= 4 is 29.2 Å². The van der Waals surface area contributed by atoms with Gasteiger partial charge in [0, 0.05) is 23.5 Å². The largest absolute Gasteiger partial charge is 0.465 e. The zero-order chi connectivity index (χ0) is 29.7. The molecule has 4 heterocycles. The third-order valence-electron chi connectivity index (χ3n) is 6.72. The predicted octanol–water partition coefficient (Wildman–Crippen LogP) is 4.82. The molecule has 14 heteroatoms. The number of halogens is 3. The molecule has 0 bridgehead atoms. The maximum absolute atomic E-state index is 13.6. The Morgan fingerprint density at radius 3 is 2.48 bits per heavy atom. The molecule has 0 unspecified atom stereocenters. The van der Waals surface area contributed by atoms with E-state index in [4.69, 9.17) is 8.94 Å². The van der Waals surface area contributed by atoms with Crippen LogP contribution in [0.5, 0.6) is 0 Å². The Morgan fingerprint density at radius 2 is 1.81 bits per heavy atom. The smallest absolute Gasteiger partial charge is 0.416 e. The number of nitrogens with zero attached hydrogens (tertiary/aromatic N) is 4. The number of anilines is 3. The second-order valence-electron chi connectivity index (χ2n) is 10.0. The molecule has 4 aromatic rings. The van der Waals surface area contributed by atoms with Gasteiger partial charge < -0.3 is 15.1 Å². The molecule has 0 atom stereocenters. The number of piperidine rings is 1. The minimum atomic E-state index is -4.70. The molecule has 3 amide bonds. The Balaban J connectivity index is 1.19. The molecular weight excluding hydrogens is 555 g/mol. The summed E-state index contributed by atoms with van der Waals surface area (Å²) in [6.07, 6.45) is -0.565. The van der Waals surface area contributed by atoms with Gasteiger partial charge in [0.25, 0.3) is 6.20 Å². The summed E-state index contributed by atoms with van der Waals surface area (Å²) in [5.41, 5.74) is -0.555. The van der Waals surface area contributed by atoms with Crippen LogP contribution >= 0.6 is 0 Å². The number of furan rings is 1. The molecule has 0 spiro atoms. The van der Waals surface area contributed by atoms with Gasteiger partial charge in [0.1, 0.15) is 17.2 Å². The van der Waals surface area contributed by atoms with Crippen LogP contribution in [-0.2, 0) is 24.1 Å². The monoisotopic (exact) mass is 584 g/mol. The minimum absolute atomic E-state index is 0.0301. The molecule has 0 radical (unpaired) electrons. The summed E-state index contributed by atoms with van der Waals surface area (Å²) in [4.78, 5) is 31.8. The average Bonchev–Trinajstić information content (AvgIpc) is 3.56. The first-order chi connectivity index (χ1) is 20.1. The molecular formula is C28H29F3N7O4+. The van der Waals surface area contributed by atoms with Gasteiger partial charge in [-0.05, 0) is 80.0 Å². The molecule has 42 heavy (non-hydrogen) atoms. The molecule has 11 nitrogen and oxygen atoms in total. The summed E-state index contributed by atoms with van der Waals surface area (Å²) in [5, 5.41) is 11.1. The van der Waals surface area contributed by atoms with Crippen LogP contribution in [0.2, 0.25) is 0 Å². The fraction of sp³-hybridized carbons (Fsp3) is 0.321. The molecule has 0 aliphatic carbocycles. The average molecular weight is 585 g/mol. The van der Waals surface area contributed by atoms with E-state index < -0.39 is 17.8 Å². The number of benzene rings is 1. The van der Waals surface area contributed by atoms with E-state index in [1.54, 1.807) is 18.3 Å². The van der Waals surface area contributed by atoms with Crippen molar-refractivity contribution in [2.45, 2.75) is 39.0 Å². The lowest BCUT2D eigenvalue weighted by Crippen LogP contribution is -2.37. The van der Waals surface area contributed by atoms with Gasteiger partial charge >= 0.3 is 18.1 Å². The third kappa shape index (κ3) is 7.72. The fourth-order valence-electron chi connectivity index (χ4n) is 4.66. The lowest BCUT2D eigenvalue weighted by atomic mass is 9.95. The normalized spacial score (nSPS) is 14.5. The highest BCUT2D eigenvalue weighted by molar-refractivity contribution is 6.00. The number of likely N-dealkylation sites (tertiary alicyclic amines) is 1. The van der Waals surface area contributed by atoms with Crippen molar-refractivity contribution < 1.29 is 36.4 Å². The number of hydrogen-bond acceptors (Lipinski definition) is 7. The second-order valence-corrected chi connectivity index (χ2v) is 10.0. The lowest BCUT2D eigenvalue weighted by molar-refractivity contribution is -0.755. The summed E-state index contributed by atoms with van der Waals surface area (Å²) in [6.45, 7) is 4.09. The molecule has 1 aromatic carbocycles.